The molecule has 4 rings (SSSR count). The molecule has 0 radical (unpaired) electrons. The number of carbonyl (C=O) groups is 1. The number of halogens is 3. The van der Waals surface area contributed by atoms with E-state index in [-0.39, 0.29) is 12.5 Å². The van der Waals surface area contributed by atoms with Gasteiger partial charge in [0.05, 0.1) is 5.56 Å². The van der Waals surface area contributed by atoms with Crippen LogP contribution in [0.25, 0.3) is 0 Å². The van der Waals surface area contributed by atoms with Gasteiger partial charge in [0.1, 0.15) is 0 Å². The van der Waals surface area contributed by atoms with Crippen LogP contribution in [-0.4, -0.2) is 10.8 Å². The Balaban J connectivity index is 1.44. The summed E-state index contributed by atoms with van der Waals surface area (Å²) in [7, 11) is 0. The normalized spacial score (nSPS) is 18.3. The van der Waals surface area contributed by atoms with Gasteiger partial charge >= 0.3 is 6.18 Å². The Hall–Kier alpha value is -3.00. The molecule has 2 aliphatic rings. The molecule has 1 aliphatic heterocycles. The van der Waals surface area contributed by atoms with Gasteiger partial charge < -0.3 is 4.90 Å². The Morgan fingerprint density at radius 1 is 1.12 bits per heavy atom. The smallest absolute Gasteiger partial charge is 0.330 e. The SMILES string of the molecule is Cc1cc(C#CCC2=CCCC(C)CC2)cc2c1C(=O)N(Cc1ccc(C(F)(F)F)cc1)C2. The molecule has 0 saturated carbocycles. The van der Waals surface area contributed by atoms with E-state index in [0.717, 1.165) is 54.0 Å². The number of nitrogens with zero attached hydrogens (tertiary/aromatic N) is 1. The van der Waals surface area contributed by atoms with Gasteiger partial charge in [0.15, 0.2) is 0 Å². The van der Waals surface area contributed by atoms with Gasteiger partial charge in [-0.15, -0.1) is 0 Å². The van der Waals surface area contributed by atoms with E-state index in [2.05, 4.69) is 24.8 Å². The molecule has 2 aromatic rings. The molecule has 33 heavy (non-hydrogen) atoms. The molecule has 1 heterocycles. The van der Waals surface area contributed by atoms with Crippen LogP contribution in [0.4, 0.5) is 13.2 Å². The quantitative estimate of drug-likeness (QED) is 0.362. The maximum Gasteiger partial charge on any atom is 0.416 e. The molecule has 1 atom stereocenters. The van der Waals surface area contributed by atoms with Crippen LogP contribution in [0.1, 0.15) is 77.2 Å². The number of hydrogen-bond donors (Lipinski definition) is 0. The number of alkyl halides is 3. The molecular formula is C28H28F3NO. The van der Waals surface area contributed by atoms with Gasteiger partial charge in [0.2, 0.25) is 0 Å². The van der Waals surface area contributed by atoms with Crippen molar-refractivity contribution in [3.8, 4) is 11.8 Å². The fraction of sp³-hybridized carbons (Fsp3) is 0.393. The van der Waals surface area contributed by atoms with Crippen LogP contribution in [0, 0.1) is 24.7 Å². The van der Waals surface area contributed by atoms with Gasteiger partial charge in [0, 0.05) is 30.6 Å². The number of benzene rings is 2. The van der Waals surface area contributed by atoms with Crippen LogP contribution in [0.15, 0.2) is 48.0 Å². The van der Waals surface area contributed by atoms with E-state index >= 15 is 0 Å². The minimum atomic E-state index is -4.36. The van der Waals surface area contributed by atoms with E-state index < -0.39 is 11.7 Å². The Kier molecular flexibility index (Phi) is 6.65. The molecule has 0 bridgehead atoms. The maximum absolute atomic E-state index is 12.9. The molecule has 0 spiro atoms. The van der Waals surface area contributed by atoms with Crippen LogP contribution in [-0.2, 0) is 19.3 Å². The summed E-state index contributed by atoms with van der Waals surface area (Å²) in [5, 5.41) is 0. The molecule has 172 valence electrons. The molecule has 2 aromatic carbocycles. The highest BCUT2D eigenvalue weighted by Gasteiger charge is 2.31. The summed E-state index contributed by atoms with van der Waals surface area (Å²) in [6, 6.07) is 8.93. The Morgan fingerprint density at radius 2 is 1.88 bits per heavy atom. The van der Waals surface area contributed by atoms with E-state index in [4.69, 9.17) is 0 Å². The van der Waals surface area contributed by atoms with Crippen LogP contribution in [0.3, 0.4) is 0 Å². The second-order valence-electron chi connectivity index (χ2n) is 9.25. The highest BCUT2D eigenvalue weighted by atomic mass is 19.4. The van der Waals surface area contributed by atoms with Gasteiger partial charge in [-0.05, 0) is 79.5 Å². The van der Waals surface area contributed by atoms with Gasteiger partial charge in [-0.3, -0.25) is 4.79 Å². The summed E-state index contributed by atoms with van der Waals surface area (Å²) >= 11 is 0. The number of rotatable bonds is 3. The molecule has 5 heteroatoms. The number of amides is 1. The van der Waals surface area contributed by atoms with E-state index in [1.54, 1.807) is 4.90 Å². The van der Waals surface area contributed by atoms with Crippen molar-refractivity contribution in [2.45, 2.75) is 65.2 Å². The summed E-state index contributed by atoms with van der Waals surface area (Å²) in [6.45, 7) is 4.93. The predicted octanol–water partition coefficient (Wildman–Crippen LogP) is 7.05. The average Bonchev–Trinajstić information content (AvgIpc) is 2.92. The highest BCUT2D eigenvalue weighted by molar-refractivity contribution is 5.99. The molecular weight excluding hydrogens is 423 g/mol. The number of fused-ring (bicyclic) bond motifs is 1. The monoisotopic (exact) mass is 451 g/mol. The number of allylic oxidation sites excluding steroid dienone is 2. The van der Waals surface area contributed by atoms with E-state index in [0.29, 0.717) is 17.7 Å². The zero-order chi connectivity index (χ0) is 23.6. The first kappa shape index (κ1) is 23.2. The zero-order valence-corrected chi connectivity index (χ0v) is 19.1. The number of carbonyl (C=O) groups excluding carboxylic acids is 1. The van der Waals surface area contributed by atoms with Crippen molar-refractivity contribution >= 4 is 5.91 Å². The number of hydrogen-bond acceptors (Lipinski definition) is 1. The summed E-state index contributed by atoms with van der Waals surface area (Å²) in [4.78, 5) is 14.6. The maximum atomic E-state index is 12.9. The molecule has 1 aliphatic carbocycles. The van der Waals surface area contributed by atoms with Crippen molar-refractivity contribution in [2.75, 3.05) is 0 Å². The third kappa shape index (κ3) is 5.50. The lowest BCUT2D eigenvalue weighted by Crippen LogP contribution is -2.23. The largest absolute Gasteiger partial charge is 0.416 e. The first-order valence-electron chi connectivity index (χ1n) is 11.5. The fourth-order valence-corrected chi connectivity index (χ4v) is 4.62. The molecule has 0 aromatic heterocycles. The van der Waals surface area contributed by atoms with Crippen molar-refractivity contribution < 1.29 is 18.0 Å². The van der Waals surface area contributed by atoms with Gasteiger partial charge in [0.25, 0.3) is 5.91 Å². The highest BCUT2D eigenvalue weighted by Crippen LogP contribution is 2.31. The Morgan fingerprint density at radius 3 is 2.61 bits per heavy atom. The summed E-state index contributed by atoms with van der Waals surface area (Å²) < 4.78 is 38.4. The minimum absolute atomic E-state index is 0.0837. The lowest BCUT2D eigenvalue weighted by molar-refractivity contribution is -0.137. The average molecular weight is 452 g/mol. The first-order valence-corrected chi connectivity index (χ1v) is 11.5. The first-order chi connectivity index (χ1) is 15.7. The molecule has 0 fully saturated rings. The third-order valence-corrected chi connectivity index (χ3v) is 6.53. The van der Waals surface area contributed by atoms with E-state index in [1.165, 1.54) is 30.5 Å². The van der Waals surface area contributed by atoms with Gasteiger partial charge in [-0.2, -0.15) is 13.2 Å². The lowest BCUT2D eigenvalue weighted by Gasteiger charge is -2.16. The van der Waals surface area contributed by atoms with Crippen LogP contribution < -0.4 is 0 Å². The molecule has 1 unspecified atom stereocenters. The molecule has 0 N–H and O–H groups in total. The van der Waals surface area contributed by atoms with Gasteiger partial charge in [-0.1, -0.05) is 42.5 Å². The fourth-order valence-electron chi connectivity index (χ4n) is 4.62. The Bertz CT molecular complexity index is 1130. The van der Waals surface area contributed by atoms with Gasteiger partial charge in [-0.25, -0.2) is 0 Å². The van der Waals surface area contributed by atoms with Crippen molar-refractivity contribution in [1.82, 2.24) is 4.90 Å². The van der Waals surface area contributed by atoms with Crippen molar-refractivity contribution in [3.05, 3.63) is 81.4 Å². The third-order valence-electron chi connectivity index (χ3n) is 6.53. The second kappa shape index (κ2) is 9.47. The van der Waals surface area contributed by atoms with Crippen LogP contribution >= 0.6 is 0 Å². The second-order valence-corrected chi connectivity index (χ2v) is 9.25. The van der Waals surface area contributed by atoms with Crippen LogP contribution in [0.5, 0.6) is 0 Å². The van der Waals surface area contributed by atoms with Crippen molar-refractivity contribution in [3.63, 3.8) is 0 Å². The zero-order valence-electron chi connectivity index (χ0n) is 19.1. The molecule has 1 amide bonds. The Labute approximate surface area is 193 Å². The van der Waals surface area contributed by atoms with E-state index in [1.807, 2.05) is 19.1 Å². The summed E-state index contributed by atoms with van der Waals surface area (Å²) in [5.41, 5.74) is 4.81. The van der Waals surface area contributed by atoms with Crippen molar-refractivity contribution in [2.24, 2.45) is 5.92 Å². The topological polar surface area (TPSA) is 20.3 Å². The predicted molar refractivity (Wildman–Crippen MR) is 123 cm³/mol. The van der Waals surface area contributed by atoms with Crippen molar-refractivity contribution in [1.29, 1.82) is 0 Å². The summed E-state index contributed by atoms with van der Waals surface area (Å²) in [6.07, 6.45) is 3.48. The standard InChI is InChI=1S/C28H28F3NO/c1-19-5-3-6-21(10-9-19)7-4-8-23-15-20(2)26-24(16-23)18-32(27(26)33)17-22-11-13-25(14-12-22)28(29,30)31/h6,11-16,19H,3,5,7,9-10,17-18H2,1-2H3. The number of aryl methyl sites for hydroxylation is 1. The minimum Gasteiger partial charge on any atom is -0.330 e. The van der Waals surface area contributed by atoms with E-state index in [9.17, 15) is 18.0 Å². The molecule has 0 saturated heterocycles. The lowest BCUT2D eigenvalue weighted by atomic mass is 9.99. The summed E-state index contributed by atoms with van der Waals surface area (Å²) in [5.74, 6) is 7.26. The van der Waals surface area contributed by atoms with Crippen LogP contribution in [0.2, 0.25) is 0 Å². The molecule has 2 nitrogen and oxygen atoms in total.